The fourth-order valence-electron chi connectivity index (χ4n) is 2.77. The first-order valence-electron chi connectivity index (χ1n) is 8.65. The molecule has 0 unspecified atom stereocenters. The number of hydrogen-bond donors (Lipinski definition) is 1. The summed E-state index contributed by atoms with van der Waals surface area (Å²) in [6.45, 7) is 3.21. The highest BCUT2D eigenvalue weighted by atomic mass is 19.1. The van der Waals surface area contributed by atoms with Crippen LogP contribution in [0.25, 0.3) is 5.69 Å². The third-order valence-electron chi connectivity index (χ3n) is 4.22. The van der Waals surface area contributed by atoms with Gasteiger partial charge >= 0.3 is 0 Å². The zero-order valence-electron chi connectivity index (χ0n) is 16.0. The van der Waals surface area contributed by atoms with Gasteiger partial charge in [-0.2, -0.15) is 0 Å². The molecule has 0 saturated heterocycles. The lowest BCUT2D eigenvalue weighted by Crippen LogP contribution is -2.23. The molecule has 3 rings (SSSR count). The van der Waals surface area contributed by atoms with Gasteiger partial charge in [-0.1, -0.05) is 0 Å². The Bertz CT molecular complexity index is 1150. The maximum Gasteiger partial charge on any atom is 0.269 e. The van der Waals surface area contributed by atoms with Crippen molar-refractivity contribution in [2.75, 3.05) is 7.05 Å². The lowest BCUT2D eigenvalue weighted by atomic mass is 10.2. The summed E-state index contributed by atoms with van der Waals surface area (Å²) in [5.74, 6) is -1.77. The number of rotatable bonds is 5. The number of amides is 1. The molecule has 0 aliphatic heterocycles. The summed E-state index contributed by atoms with van der Waals surface area (Å²) in [4.78, 5) is 32.3. The summed E-state index contributed by atoms with van der Waals surface area (Å²) >= 11 is 0. The first-order valence-corrected chi connectivity index (χ1v) is 8.65. The molecule has 1 amide bonds. The minimum absolute atomic E-state index is 0.0755. The fraction of sp³-hybridized carbons (Fsp3) is 0.200. The van der Waals surface area contributed by atoms with E-state index in [1.165, 1.54) is 29.9 Å². The number of carbonyl (C=O) groups is 1. The van der Waals surface area contributed by atoms with E-state index in [9.17, 15) is 18.4 Å². The average molecular weight is 400 g/mol. The van der Waals surface area contributed by atoms with Gasteiger partial charge in [0.15, 0.2) is 5.82 Å². The fourth-order valence-corrected chi connectivity index (χ4v) is 2.77. The van der Waals surface area contributed by atoms with Crippen LogP contribution in [0.4, 0.5) is 8.78 Å². The maximum absolute atomic E-state index is 13.7. The van der Waals surface area contributed by atoms with Crippen molar-refractivity contribution in [2.24, 2.45) is 0 Å². The van der Waals surface area contributed by atoms with Gasteiger partial charge in [0.2, 0.25) is 0 Å². The number of hydrogen-bond acceptors (Lipinski definition) is 5. The van der Waals surface area contributed by atoms with Crippen LogP contribution in [-0.2, 0) is 6.61 Å². The molecule has 150 valence electrons. The summed E-state index contributed by atoms with van der Waals surface area (Å²) in [7, 11) is 1.49. The standard InChI is InChI=1S/C20H18F2N4O3/c1-11-8-24-16(20(28)23-3)7-18(11)26-12(2)4-14(6-19(26)27)29-10-17-15(22)5-13(21)9-25-17/h4-9H,10H2,1-3H3,(H,23,28). The number of halogens is 2. The molecule has 7 nitrogen and oxygen atoms in total. The molecule has 3 aromatic heterocycles. The van der Waals surface area contributed by atoms with E-state index in [-0.39, 0.29) is 29.7 Å². The summed E-state index contributed by atoms with van der Waals surface area (Å²) in [5.41, 5.74) is 1.46. The number of carbonyl (C=O) groups excluding carboxylic acids is 1. The molecule has 0 saturated carbocycles. The number of nitrogens with zero attached hydrogens (tertiary/aromatic N) is 3. The normalized spacial score (nSPS) is 10.7. The average Bonchev–Trinajstić information content (AvgIpc) is 2.67. The Hall–Kier alpha value is -3.62. The van der Waals surface area contributed by atoms with Gasteiger partial charge in [0.25, 0.3) is 11.5 Å². The van der Waals surface area contributed by atoms with E-state index in [1.807, 2.05) is 0 Å². The molecule has 0 spiro atoms. The molecule has 29 heavy (non-hydrogen) atoms. The van der Waals surface area contributed by atoms with Gasteiger partial charge in [-0.15, -0.1) is 0 Å². The minimum atomic E-state index is -0.829. The van der Waals surface area contributed by atoms with Crippen LogP contribution in [0.2, 0.25) is 0 Å². The Morgan fingerprint density at radius 1 is 1.14 bits per heavy atom. The van der Waals surface area contributed by atoms with Crippen LogP contribution >= 0.6 is 0 Å². The second-order valence-electron chi connectivity index (χ2n) is 6.31. The maximum atomic E-state index is 13.7. The van der Waals surface area contributed by atoms with Crippen molar-refractivity contribution in [1.29, 1.82) is 0 Å². The highest BCUT2D eigenvalue weighted by Gasteiger charge is 2.14. The van der Waals surface area contributed by atoms with E-state index in [0.717, 1.165) is 6.20 Å². The first-order chi connectivity index (χ1) is 13.8. The molecule has 0 bridgehead atoms. The van der Waals surface area contributed by atoms with Crippen molar-refractivity contribution in [3.63, 3.8) is 0 Å². The molecule has 1 N–H and O–H groups in total. The van der Waals surface area contributed by atoms with Gasteiger partial charge in [0.1, 0.15) is 29.6 Å². The monoisotopic (exact) mass is 400 g/mol. The molecule has 0 aliphatic rings. The molecule has 0 fully saturated rings. The predicted molar refractivity (Wildman–Crippen MR) is 101 cm³/mol. The molecule has 0 atom stereocenters. The number of pyridine rings is 3. The lowest BCUT2D eigenvalue weighted by Gasteiger charge is -2.15. The summed E-state index contributed by atoms with van der Waals surface area (Å²) in [5, 5.41) is 2.49. The van der Waals surface area contributed by atoms with Crippen LogP contribution in [0.5, 0.6) is 5.75 Å². The van der Waals surface area contributed by atoms with Crippen LogP contribution in [0.15, 0.2) is 41.5 Å². The van der Waals surface area contributed by atoms with Crippen molar-refractivity contribution in [3.8, 4) is 11.4 Å². The van der Waals surface area contributed by atoms with Gasteiger partial charge in [-0.3, -0.25) is 24.1 Å². The largest absolute Gasteiger partial charge is 0.487 e. The zero-order valence-corrected chi connectivity index (χ0v) is 16.0. The highest BCUT2D eigenvalue weighted by Crippen LogP contribution is 2.19. The quantitative estimate of drug-likeness (QED) is 0.711. The van der Waals surface area contributed by atoms with E-state index in [0.29, 0.717) is 23.0 Å². The number of aryl methyl sites for hydroxylation is 2. The SMILES string of the molecule is CNC(=O)c1cc(-n2c(C)cc(OCc3ncc(F)cc3F)cc2=O)c(C)cn1. The van der Waals surface area contributed by atoms with Gasteiger partial charge < -0.3 is 10.1 Å². The molecule has 0 radical (unpaired) electrons. The molecule has 0 aliphatic carbocycles. The predicted octanol–water partition coefficient (Wildman–Crippen LogP) is 2.46. The van der Waals surface area contributed by atoms with E-state index >= 15 is 0 Å². The van der Waals surface area contributed by atoms with Crippen LogP contribution in [-0.4, -0.2) is 27.5 Å². The van der Waals surface area contributed by atoms with Crippen molar-refractivity contribution in [1.82, 2.24) is 19.9 Å². The van der Waals surface area contributed by atoms with Gasteiger partial charge in [-0.25, -0.2) is 8.78 Å². The zero-order chi connectivity index (χ0) is 21.1. The lowest BCUT2D eigenvalue weighted by molar-refractivity contribution is 0.0958. The molecule has 3 aromatic rings. The summed E-state index contributed by atoms with van der Waals surface area (Å²) < 4.78 is 33.5. The third kappa shape index (κ3) is 4.29. The Morgan fingerprint density at radius 3 is 2.55 bits per heavy atom. The smallest absolute Gasteiger partial charge is 0.269 e. The van der Waals surface area contributed by atoms with E-state index in [2.05, 4.69) is 15.3 Å². The molecule has 0 aromatic carbocycles. The van der Waals surface area contributed by atoms with Gasteiger partial charge in [-0.05, 0) is 25.5 Å². The van der Waals surface area contributed by atoms with Crippen LogP contribution in [0, 0.1) is 25.5 Å². The van der Waals surface area contributed by atoms with Crippen LogP contribution in [0.3, 0.4) is 0 Å². The van der Waals surface area contributed by atoms with Crippen LogP contribution < -0.4 is 15.6 Å². The van der Waals surface area contributed by atoms with Crippen molar-refractivity contribution in [3.05, 3.63) is 81.3 Å². The summed E-state index contributed by atoms with van der Waals surface area (Å²) in [6, 6.07) is 5.09. The van der Waals surface area contributed by atoms with Crippen molar-refractivity contribution < 1.29 is 18.3 Å². The molecular formula is C20H18F2N4O3. The van der Waals surface area contributed by atoms with E-state index in [4.69, 9.17) is 4.74 Å². The van der Waals surface area contributed by atoms with Gasteiger partial charge in [0, 0.05) is 37.1 Å². The Kier molecular flexibility index (Phi) is 5.67. The van der Waals surface area contributed by atoms with E-state index in [1.54, 1.807) is 19.9 Å². The number of aromatic nitrogens is 3. The second-order valence-corrected chi connectivity index (χ2v) is 6.31. The van der Waals surface area contributed by atoms with Crippen LogP contribution in [0.1, 0.15) is 27.4 Å². The van der Waals surface area contributed by atoms with Crippen molar-refractivity contribution >= 4 is 5.91 Å². The third-order valence-corrected chi connectivity index (χ3v) is 4.22. The Morgan fingerprint density at radius 2 is 1.90 bits per heavy atom. The number of nitrogens with one attached hydrogen (secondary N) is 1. The molecule has 3 heterocycles. The van der Waals surface area contributed by atoms with Gasteiger partial charge in [0.05, 0.1) is 11.9 Å². The second kappa shape index (κ2) is 8.17. The Labute approximate surface area is 165 Å². The molecular weight excluding hydrogens is 382 g/mol. The van der Waals surface area contributed by atoms with E-state index < -0.39 is 17.2 Å². The number of ether oxygens (including phenoxy) is 1. The first kappa shape index (κ1) is 20.1. The Balaban J connectivity index is 1.92. The van der Waals surface area contributed by atoms with Crippen molar-refractivity contribution in [2.45, 2.75) is 20.5 Å². The minimum Gasteiger partial charge on any atom is -0.487 e. The highest BCUT2D eigenvalue weighted by molar-refractivity contribution is 5.92. The topological polar surface area (TPSA) is 86.1 Å². The summed E-state index contributed by atoms with van der Waals surface area (Å²) in [6.07, 6.45) is 2.40. The molecule has 9 heteroatoms.